The van der Waals surface area contributed by atoms with Crippen LogP contribution in [0.5, 0.6) is 0 Å². The fraction of sp³-hybridized carbons (Fsp3) is 0.500. The van der Waals surface area contributed by atoms with Crippen LogP contribution in [-0.4, -0.2) is 52.0 Å². The molecule has 3 rings (SSSR count). The summed E-state index contributed by atoms with van der Waals surface area (Å²) in [4.78, 5) is 20.8. The van der Waals surface area contributed by atoms with Crippen molar-refractivity contribution in [3.63, 3.8) is 0 Å². The number of hydrogen-bond acceptors (Lipinski definition) is 6. The van der Waals surface area contributed by atoms with Gasteiger partial charge in [-0.15, -0.1) is 0 Å². The van der Waals surface area contributed by atoms with Gasteiger partial charge in [0, 0.05) is 19.5 Å². The molecule has 0 aliphatic carbocycles. The van der Waals surface area contributed by atoms with Gasteiger partial charge in [-0.1, -0.05) is 35.5 Å². The number of nitrogens with two attached hydrogens (primary N) is 1. The van der Waals surface area contributed by atoms with Gasteiger partial charge in [-0.25, -0.2) is 0 Å². The van der Waals surface area contributed by atoms with E-state index in [2.05, 4.69) is 19.9 Å². The Kier molecular flexibility index (Phi) is 5.45. The van der Waals surface area contributed by atoms with Crippen LogP contribution in [0.2, 0.25) is 0 Å². The molecule has 1 aliphatic rings. The van der Waals surface area contributed by atoms with Crippen LogP contribution in [0, 0.1) is 6.92 Å². The van der Waals surface area contributed by atoms with Gasteiger partial charge in [0.1, 0.15) is 6.04 Å². The predicted molar refractivity (Wildman–Crippen MR) is 93.5 cm³/mol. The van der Waals surface area contributed by atoms with E-state index in [1.54, 1.807) is 6.92 Å². The molecular formula is C18H25N5O2. The molecule has 0 spiro atoms. The predicted octanol–water partition coefficient (Wildman–Crippen LogP) is 1.50. The Balaban J connectivity index is 1.69. The maximum atomic E-state index is 12.1. The van der Waals surface area contributed by atoms with Gasteiger partial charge in [0.15, 0.2) is 5.82 Å². The molecule has 2 N–H and O–H groups in total. The quantitative estimate of drug-likeness (QED) is 0.855. The SMILES string of the molecule is Cc1nc(CN2CCC[C@@H](N(C)[C@@H](C(N)=O)c3ccccc3)C2)no1. The van der Waals surface area contributed by atoms with Crippen LogP contribution in [-0.2, 0) is 11.3 Å². The molecule has 0 unspecified atom stereocenters. The van der Waals surface area contributed by atoms with Crippen LogP contribution in [0.15, 0.2) is 34.9 Å². The van der Waals surface area contributed by atoms with Gasteiger partial charge in [-0.3, -0.25) is 14.6 Å². The summed E-state index contributed by atoms with van der Waals surface area (Å²) in [7, 11) is 1.98. The minimum absolute atomic E-state index is 0.249. The van der Waals surface area contributed by atoms with E-state index in [1.165, 1.54) is 0 Å². The van der Waals surface area contributed by atoms with Crippen molar-refractivity contribution in [1.82, 2.24) is 19.9 Å². The molecule has 1 amide bonds. The molecule has 0 bridgehead atoms. The number of carbonyl (C=O) groups is 1. The van der Waals surface area contributed by atoms with Crippen molar-refractivity contribution >= 4 is 5.91 Å². The fourth-order valence-corrected chi connectivity index (χ4v) is 3.56. The lowest BCUT2D eigenvalue weighted by Crippen LogP contribution is -2.49. The van der Waals surface area contributed by atoms with Crippen molar-refractivity contribution < 1.29 is 9.32 Å². The number of amides is 1. The molecule has 7 heteroatoms. The second-order valence-corrected chi connectivity index (χ2v) is 6.64. The van der Waals surface area contributed by atoms with Gasteiger partial charge in [0.2, 0.25) is 11.8 Å². The number of primary amides is 1. The molecular weight excluding hydrogens is 318 g/mol. The number of benzene rings is 1. The van der Waals surface area contributed by atoms with E-state index < -0.39 is 6.04 Å². The summed E-state index contributed by atoms with van der Waals surface area (Å²) in [6.07, 6.45) is 2.10. The zero-order valence-electron chi connectivity index (χ0n) is 14.8. The van der Waals surface area contributed by atoms with Crippen LogP contribution < -0.4 is 5.73 Å². The monoisotopic (exact) mass is 343 g/mol. The Hall–Kier alpha value is -2.25. The number of rotatable bonds is 6. The maximum Gasteiger partial charge on any atom is 0.239 e. The summed E-state index contributed by atoms with van der Waals surface area (Å²) >= 11 is 0. The molecule has 25 heavy (non-hydrogen) atoms. The third-order valence-electron chi connectivity index (χ3n) is 4.78. The van der Waals surface area contributed by atoms with Crippen LogP contribution in [0.4, 0.5) is 0 Å². The minimum Gasteiger partial charge on any atom is -0.368 e. The number of likely N-dealkylation sites (tertiary alicyclic amines) is 1. The summed E-state index contributed by atoms with van der Waals surface area (Å²) in [5, 5.41) is 3.98. The van der Waals surface area contributed by atoms with Gasteiger partial charge in [-0.05, 0) is 32.0 Å². The summed E-state index contributed by atoms with van der Waals surface area (Å²) in [5.41, 5.74) is 6.64. The molecule has 1 aromatic heterocycles. The highest BCUT2D eigenvalue weighted by atomic mass is 16.5. The first-order chi connectivity index (χ1) is 12.0. The van der Waals surface area contributed by atoms with Gasteiger partial charge < -0.3 is 10.3 Å². The number of nitrogens with zero attached hydrogens (tertiary/aromatic N) is 4. The summed E-state index contributed by atoms with van der Waals surface area (Å²) in [6.45, 7) is 4.29. The normalized spacial score (nSPS) is 19.9. The maximum absolute atomic E-state index is 12.1. The van der Waals surface area contributed by atoms with Gasteiger partial charge in [0.25, 0.3) is 0 Å². The second kappa shape index (κ2) is 7.76. The van der Waals surface area contributed by atoms with Crippen molar-refractivity contribution in [2.24, 2.45) is 5.73 Å². The zero-order valence-corrected chi connectivity index (χ0v) is 14.8. The molecule has 2 heterocycles. The van der Waals surface area contributed by atoms with E-state index in [4.69, 9.17) is 10.3 Å². The molecule has 2 atom stereocenters. The Labute approximate surface area is 147 Å². The first kappa shape index (κ1) is 17.6. The lowest BCUT2D eigenvalue weighted by Gasteiger charge is -2.40. The van der Waals surface area contributed by atoms with Gasteiger partial charge in [0.05, 0.1) is 6.54 Å². The van der Waals surface area contributed by atoms with E-state index in [1.807, 2.05) is 37.4 Å². The summed E-state index contributed by atoms with van der Waals surface area (Å²) < 4.78 is 5.05. The van der Waals surface area contributed by atoms with Crippen molar-refractivity contribution in [3.05, 3.63) is 47.6 Å². The molecule has 134 valence electrons. The highest BCUT2D eigenvalue weighted by Gasteiger charge is 2.31. The Morgan fingerprint density at radius 1 is 1.44 bits per heavy atom. The number of aryl methyl sites for hydroxylation is 1. The summed E-state index contributed by atoms with van der Waals surface area (Å²) in [5.74, 6) is 0.966. The van der Waals surface area contributed by atoms with Gasteiger partial charge in [-0.2, -0.15) is 4.98 Å². The summed E-state index contributed by atoms with van der Waals surface area (Å²) in [6, 6.07) is 9.55. The highest BCUT2D eigenvalue weighted by Crippen LogP contribution is 2.25. The molecule has 2 aromatic rings. The first-order valence-corrected chi connectivity index (χ1v) is 8.62. The smallest absolute Gasteiger partial charge is 0.239 e. The van der Waals surface area contributed by atoms with Crippen molar-refractivity contribution in [3.8, 4) is 0 Å². The van der Waals surface area contributed by atoms with E-state index in [9.17, 15) is 4.79 Å². The molecule has 1 aromatic carbocycles. The Morgan fingerprint density at radius 3 is 2.84 bits per heavy atom. The van der Waals surface area contributed by atoms with Crippen molar-refractivity contribution in [2.45, 2.75) is 38.4 Å². The average Bonchev–Trinajstić information content (AvgIpc) is 3.00. The highest BCUT2D eigenvalue weighted by molar-refractivity contribution is 5.81. The number of carbonyl (C=O) groups excluding carboxylic acids is 1. The van der Waals surface area contributed by atoms with Crippen LogP contribution in [0.25, 0.3) is 0 Å². The van der Waals surface area contributed by atoms with E-state index >= 15 is 0 Å². The first-order valence-electron chi connectivity index (χ1n) is 8.62. The molecule has 1 fully saturated rings. The molecule has 0 saturated carbocycles. The third-order valence-corrected chi connectivity index (χ3v) is 4.78. The van der Waals surface area contributed by atoms with E-state index in [-0.39, 0.29) is 11.9 Å². The number of hydrogen-bond donors (Lipinski definition) is 1. The van der Waals surface area contributed by atoms with E-state index in [0.29, 0.717) is 18.3 Å². The topological polar surface area (TPSA) is 88.5 Å². The molecule has 1 saturated heterocycles. The number of likely N-dealkylation sites (N-methyl/N-ethyl adjacent to an activating group) is 1. The zero-order chi connectivity index (χ0) is 17.8. The van der Waals surface area contributed by atoms with Gasteiger partial charge >= 0.3 is 0 Å². The Morgan fingerprint density at radius 2 is 2.20 bits per heavy atom. The van der Waals surface area contributed by atoms with Crippen LogP contribution in [0.1, 0.15) is 36.2 Å². The lowest BCUT2D eigenvalue weighted by molar-refractivity contribution is -0.124. The van der Waals surface area contributed by atoms with Crippen LogP contribution in [0.3, 0.4) is 0 Å². The van der Waals surface area contributed by atoms with Crippen molar-refractivity contribution in [2.75, 3.05) is 20.1 Å². The minimum atomic E-state index is -0.418. The average molecular weight is 343 g/mol. The standard InChI is InChI=1S/C18H25N5O2/c1-13-20-16(21-25-13)12-23-10-6-9-15(11-23)22(2)17(18(19)24)14-7-4-3-5-8-14/h3-5,7-8,15,17H,6,9-12H2,1-2H3,(H2,19,24)/t15-,17-/m1/s1. The molecule has 0 radical (unpaired) electrons. The van der Waals surface area contributed by atoms with Crippen molar-refractivity contribution in [1.29, 1.82) is 0 Å². The van der Waals surface area contributed by atoms with Crippen LogP contribution >= 0.6 is 0 Å². The largest absolute Gasteiger partial charge is 0.368 e. The second-order valence-electron chi connectivity index (χ2n) is 6.64. The number of aromatic nitrogens is 2. The fourth-order valence-electron chi connectivity index (χ4n) is 3.56. The molecule has 7 nitrogen and oxygen atoms in total. The lowest BCUT2D eigenvalue weighted by atomic mass is 9.98. The molecule has 1 aliphatic heterocycles. The third kappa shape index (κ3) is 4.24. The Bertz CT molecular complexity index is 703. The van der Waals surface area contributed by atoms with E-state index in [0.717, 1.165) is 31.5 Å². The number of piperidine rings is 1.